The summed E-state index contributed by atoms with van der Waals surface area (Å²) in [6.45, 7) is 2.87. The number of halogens is 1. The summed E-state index contributed by atoms with van der Waals surface area (Å²) in [5.74, 6) is -0.484. The number of carbonyl (C=O) groups excluding carboxylic acids is 1. The summed E-state index contributed by atoms with van der Waals surface area (Å²) in [7, 11) is 0. The molecule has 2 rings (SSSR count). The zero-order chi connectivity index (χ0) is 14.5. The molecule has 5 nitrogen and oxygen atoms in total. The van der Waals surface area contributed by atoms with Gasteiger partial charge in [0, 0.05) is 6.54 Å². The Morgan fingerprint density at radius 3 is 2.75 bits per heavy atom. The van der Waals surface area contributed by atoms with Gasteiger partial charge in [-0.15, -0.1) is 0 Å². The van der Waals surface area contributed by atoms with E-state index in [1.165, 1.54) is 18.3 Å². The molecule has 106 valence electrons. The molecule has 0 saturated carbocycles. The topological polar surface area (TPSA) is 72.9 Å². The first kappa shape index (κ1) is 14.2. The predicted octanol–water partition coefficient (Wildman–Crippen LogP) is 1.40. The zero-order valence-corrected chi connectivity index (χ0v) is 11.3. The van der Waals surface area contributed by atoms with Crippen LogP contribution in [0.2, 0.25) is 0 Å². The summed E-state index contributed by atoms with van der Waals surface area (Å²) < 4.78 is 14.5. The second kappa shape index (κ2) is 6.29. The molecule has 0 bridgehead atoms. The molecule has 0 radical (unpaired) electrons. The van der Waals surface area contributed by atoms with Crippen molar-refractivity contribution in [3.05, 3.63) is 47.5 Å². The molecule has 1 amide bonds. The van der Waals surface area contributed by atoms with Crippen LogP contribution in [-0.4, -0.2) is 28.8 Å². The third kappa shape index (κ3) is 3.03. The maximum atomic E-state index is 12.9. The van der Waals surface area contributed by atoms with E-state index in [4.69, 9.17) is 5.73 Å². The number of nitrogens with one attached hydrogen (secondary N) is 1. The number of aromatic nitrogens is 2. The minimum absolute atomic E-state index is 0.177. The van der Waals surface area contributed by atoms with E-state index in [-0.39, 0.29) is 11.7 Å². The monoisotopic (exact) mass is 276 g/mol. The average molecular weight is 276 g/mol. The molecule has 0 aliphatic rings. The molecule has 2 aromatic rings. The van der Waals surface area contributed by atoms with Crippen LogP contribution in [0.3, 0.4) is 0 Å². The van der Waals surface area contributed by atoms with Crippen LogP contribution in [0, 0.1) is 12.7 Å². The Morgan fingerprint density at radius 2 is 2.10 bits per heavy atom. The highest BCUT2D eigenvalue weighted by Crippen LogP contribution is 2.14. The van der Waals surface area contributed by atoms with Crippen LogP contribution in [-0.2, 0) is 0 Å². The molecule has 1 heterocycles. The van der Waals surface area contributed by atoms with Gasteiger partial charge in [0.1, 0.15) is 5.82 Å². The normalized spacial score (nSPS) is 10.6. The first-order chi connectivity index (χ1) is 9.63. The van der Waals surface area contributed by atoms with E-state index in [1.54, 1.807) is 23.7 Å². The largest absolute Gasteiger partial charge is 0.352 e. The van der Waals surface area contributed by atoms with E-state index in [0.29, 0.717) is 30.0 Å². The zero-order valence-electron chi connectivity index (χ0n) is 11.3. The van der Waals surface area contributed by atoms with Crippen molar-refractivity contribution in [2.24, 2.45) is 5.73 Å². The van der Waals surface area contributed by atoms with Crippen molar-refractivity contribution < 1.29 is 9.18 Å². The fourth-order valence-electron chi connectivity index (χ4n) is 1.87. The molecule has 0 fully saturated rings. The predicted molar refractivity (Wildman–Crippen MR) is 74.3 cm³/mol. The molecule has 20 heavy (non-hydrogen) atoms. The van der Waals surface area contributed by atoms with Gasteiger partial charge in [-0.3, -0.25) is 4.79 Å². The number of amides is 1. The van der Waals surface area contributed by atoms with Crippen molar-refractivity contribution in [3.8, 4) is 5.69 Å². The Morgan fingerprint density at radius 1 is 1.40 bits per heavy atom. The Hall–Kier alpha value is -2.21. The minimum Gasteiger partial charge on any atom is -0.352 e. The molecular formula is C14H17FN4O. The van der Waals surface area contributed by atoms with Crippen LogP contribution in [0.1, 0.15) is 22.5 Å². The summed E-state index contributed by atoms with van der Waals surface area (Å²) in [6.07, 6.45) is 2.24. The standard InChI is InChI=1S/C14H17FN4O/c1-10-13(14(20)17-8-2-7-16)9-18-19(10)12-5-3-11(15)4-6-12/h3-6,9H,2,7-8,16H2,1H3,(H,17,20). The Bertz CT molecular complexity index is 592. The van der Waals surface area contributed by atoms with E-state index in [2.05, 4.69) is 10.4 Å². The van der Waals surface area contributed by atoms with Crippen molar-refractivity contribution in [1.82, 2.24) is 15.1 Å². The van der Waals surface area contributed by atoms with Crippen LogP contribution >= 0.6 is 0 Å². The number of hydrogen-bond donors (Lipinski definition) is 2. The SMILES string of the molecule is Cc1c(C(=O)NCCCN)cnn1-c1ccc(F)cc1. The molecule has 1 aromatic heterocycles. The second-order valence-electron chi connectivity index (χ2n) is 4.43. The highest BCUT2D eigenvalue weighted by molar-refractivity contribution is 5.95. The number of carbonyl (C=O) groups is 1. The van der Waals surface area contributed by atoms with Crippen molar-refractivity contribution in [2.75, 3.05) is 13.1 Å². The smallest absolute Gasteiger partial charge is 0.254 e. The molecule has 0 aliphatic carbocycles. The molecule has 0 unspecified atom stereocenters. The molecule has 0 saturated heterocycles. The van der Waals surface area contributed by atoms with Gasteiger partial charge in [0.2, 0.25) is 0 Å². The van der Waals surface area contributed by atoms with Gasteiger partial charge in [0.25, 0.3) is 5.91 Å². The Labute approximate surface area is 116 Å². The van der Waals surface area contributed by atoms with Crippen molar-refractivity contribution in [3.63, 3.8) is 0 Å². The lowest BCUT2D eigenvalue weighted by Gasteiger charge is -2.06. The number of rotatable bonds is 5. The number of hydrogen-bond acceptors (Lipinski definition) is 3. The van der Waals surface area contributed by atoms with Crippen LogP contribution in [0.4, 0.5) is 4.39 Å². The van der Waals surface area contributed by atoms with Crippen molar-refractivity contribution in [1.29, 1.82) is 0 Å². The van der Waals surface area contributed by atoms with Gasteiger partial charge in [0.05, 0.1) is 23.1 Å². The van der Waals surface area contributed by atoms with Crippen LogP contribution in [0.5, 0.6) is 0 Å². The third-order valence-electron chi connectivity index (χ3n) is 2.99. The number of nitrogens with two attached hydrogens (primary N) is 1. The summed E-state index contributed by atoms with van der Waals surface area (Å²) >= 11 is 0. The minimum atomic E-state index is -0.307. The van der Waals surface area contributed by atoms with E-state index in [0.717, 1.165) is 6.42 Å². The van der Waals surface area contributed by atoms with E-state index < -0.39 is 0 Å². The average Bonchev–Trinajstić information content (AvgIpc) is 2.82. The highest BCUT2D eigenvalue weighted by Gasteiger charge is 2.14. The van der Waals surface area contributed by atoms with Gasteiger partial charge in [-0.25, -0.2) is 9.07 Å². The highest BCUT2D eigenvalue weighted by atomic mass is 19.1. The lowest BCUT2D eigenvalue weighted by molar-refractivity contribution is 0.0953. The maximum Gasteiger partial charge on any atom is 0.254 e. The lowest BCUT2D eigenvalue weighted by Crippen LogP contribution is -2.26. The third-order valence-corrected chi connectivity index (χ3v) is 2.99. The summed E-state index contributed by atoms with van der Waals surface area (Å²) in [5, 5.41) is 6.96. The van der Waals surface area contributed by atoms with Gasteiger partial charge in [0.15, 0.2) is 0 Å². The quantitative estimate of drug-likeness (QED) is 0.811. The Balaban J connectivity index is 2.18. The molecular weight excluding hydrogens is 259 g/mol. The van der Waals surface area contributed by atoms with Gasteiger partial charge in [-0.1, -0.05) is 0 Å². The summed E-state index contributed by atoms with van der Waals surface area (Å²) in [4.78, 5) is 12.0. The maximum absolute atomic E-state index is 12.9. The lowest BCUT2D eigenvalue weighted by atomic mass is 10.2. The van der Waals surface area contributed by atoms with Gasteiger partial charge >= 0.3 is 0 Å². The first-order valence-electron chi connectivity index (χ1n) is 6.42. The van der Waals surface area contributed by atoms with Gasteiger partial charge < -0.3 is 11.1 Å². The number of nitrogens with zero attached hydrogens (tertiary/aromatic N) is 2. The molecule has 6 heteroatoms. The van der Waals surface area contributed by atoms with E-state index in [1.807, 2.05) is 0 Å². The summed E-state index contributed by atoms with van der Waals surface area (Å²) in [5.41, 5.74) is 7.31. The summed E-state index contributed by atoms with van der Waals surface area (Å²) in [6, 6.07) is 5.95. The molecule has 1 aromatic carbocycles. The van der Waals surface area contributed by atoms with Gasteiger partial charge in [-0.05, 0) is 44.2 Å². The van der Waals surface area contributed by atoms with E-state index >= 15 is 0 Å². The van der Waals surface area contributed by atoms with Crippen molar-refractivity contribution >= 4 is 5.91 Å². The second-order valence-corrected chi connectivity index (χ2v) is 4.43. The molecule has 0 atom stereocenters. The van der Waals surface area contributed by atoms with Crippen LogP contribution in [0.15, 0.2) is 30.5 Å². The van der Waals surface area contributed by atoms with Crippen LogP contribution in [0.25, 0.3) is 5.69 Å². The first-order valence-corrected chi connectivity index (χ1v) is 6.42. The fourth-order valence-corrected chi connectivity index (χ4v) is 1.87. The van der Waals surface area contributed by atoms with Crippen molar-refractivity contribution in [2.45, 2.75) is 13.3 Å². The fraction of sp³-hybridized carbons (Fsp3) is 0.286. The Kier molecular flexibility index (Phi) is 4.47. The number of benzene rings is 1. The van der Waals surface area contributed by atoms with E-state index in [9.17, 15) is 9.18 Å². The van der Waals surface area contributed by atoms with Crippen LogP contribution < -0.4 is 11.1 Å². The molecule has 3 N–H and O–H groups in total. The molecule has 0 spiro atoms. The molecule has 0 aliphatic heterocycles. The van der Waals surface area contributed by atoms with Gasteiger partial charge in [-0.2, -0.15) is 5.10 Å².